The molecule has 1 atom stereocenters. The maximum atomic E-state index is 13.6. The van der Waals surface area contributed by atoms with Crippen LogP contribution in [0.2, 0.25) is 0 Å². The van der Waals surface area contributed by atoms with Gasteiger partial charge in [0.1, 0.15) is 5.82 Å². The minimum absolute atomic E-state index is 0.000544. The van der Waals surface area contributed by atoms with E-state index >= 15 is 0 Å². The third-order valence-electron chi connectivity index (χ3n) is 3.37. The van der Waals surface area contributed by atoms with Crippen LogP contribution in [0.1, 0.15) is 11.1 Å². The molecule has 0 aromatic heterocycles. The summed E-state index contributed by atoms with van der Waals surface area (Å²) in [5, 5.41) is 13.7. The predicted octanol–water partition coefficient (Wildman–Crippen LogP) is 2.67. The SMILES string of the molecule is N#Cc1ccc(NC(=O)NCC(N)Cc2cc(F)c(F)cc2F)cc1. The first kappa shape index (κ1) is 18.3. The molecule has 0 saturated carbocycles. The number of nitrogens with one attached hydrogen (secondary N) is 2. The van der Waals surface area contributed by atoms with E-state index in [1.165, 1.54) is 0 Å². The fraction of sp³-hybridized carbons (Fsp3) is 0.176. The molecule has 1 unspecified atom stereocenters. The maximum absolute atomic E-state index is 13.6. The van der Waals surface area contributed by atoms with Crippen LogP contribution in [0.4, 0.5) is 23.7 Å². The van der Waals surface area contributed by atoms with E-state index in [9.17, 15) is 18.0 Å². The van der Waals surface area contributed by atoms with Gasteiger partial charge in [-0.15, -0.1) is 0 Å². The van der Waals surface area contributed by atoms with E-state index in [4.69, 9.17) is 11.0 Å². The molecular weight excluding hydrogens is 333 g/mol. The zero-order chi connectivity index (χ0) is 18.4. The summed E-state index contributed by atoms with van der Waals surface area (Å²) in [7, 11) is 0. The van der Waals surface area contributed by atoms with Gasteiger partial charge < -0.3 is 16.4 Å². The first-order valence-corrected chi connectivity index (χ1v) is 7.33. The number of benzene rings is 2. The Labute approximate surface area is 142 Å². The molecule has 0 spiro atoms. The van der Waals surface area contributed by atoms with Crippen molar-refractivity contribution in [2.45, 2.75) is 12.5 Å². The number of anilines is 1. The summed E-state index contributed by atoms with van der Waals surface area (Å²) in [5.74, 6) is -3.32. The van der Waals surface area contributed by atoms with Crippen LogP contribution >= 0.6 is 0 Å². The number of rotatable bonds is 5. The molecule has 130 valence electrons. The third-order valence-corrected chi connectivity index (χ3v) is 3.37. The standard InChI is InChI=1S/C17H15F3N4O/c18-14-7-16(20)15(19)6-11(14)5-12(22)9-23-17(25)24-13-3-1-10(8-21)2-4-13/h1-4,6-7,12H,5,9,22H2,(H2,23,24,25). The Morgan fingerprint density at radius 2 is 1.76 bits per heavy atom. The number of carbonyl (C=O) groups excluding carboxylic acids is 1. The van der Waals surface area contributed by atoms with Gasteiger partial charge in [-0.1, -0.05) is 0 Å². The Hall–Kier alpha value is -3.05. The average molecular weight is 348 g/mol. The van der Waals surface area contributed by atoms with Gasteiger partial charge in [-0.25, -0.2) is 18.0 Å². The number of hydrogen-bond donors (Lipinski definition) is 3. The van der Waals surface area contributed by atoms with Crippen LogP contribution < -0.4 is 16.4 Å². The second kappa shape index (κ2) is 8.17. The second-order valence-corrected chi connectivity index (χ2v) is 5.35. The lowest BCUT2D eigenvalue weighted by Gasteiger charge is -2.14. The largest absolute Gasteiger partial charge is 0.336 e. The lowest BCUT2D eigenvalue weighted by atomic mass is 10.1. The highest BCUT2D eigenvalue weighted by Gasteiger charge is 2.14. The molecule has 0 aliphatic rings. The van der Waals surface area contributed by atoms with E-state index in [1.807, 2.05) is 6.07 Å². The Balaban J connectivity index is 1.85. The first-order chi connectivity index (χ1) is 11.9. The Morgan fingerprint density at radius 1 is 1.12 bits per heavy atom. The molecule has 0 aliphatic carbocycles. The Bertz CT molecular complexity index is 803. The van der Waals surface area contributed by atoms with Crippen molar-refractivity contribution in [2.75, 3.05) is 11.9 Å². The number of hydrogen-bond acceptors (Lipinski definition) is 3. The molecule has 8 heteroatoms. The number of nitrogens with two attached hydrogens (primary N) is 1. The molecule has 2 amide bonds. The van der Waals surface area contributed by atoms with Gasteiger partial charge in [0.2, 0.25) is 0 Å². The van der Waals surface area contributed by atoms with Gasteiger partial charge in [0.05, 0.1) is 11.6 Å². The van der Waals surface area contributed by atoms with Crippen LogP contribution in [0.3, 0.4) is 0 Å². The van der Waals surface area contributed by atoms with Crippen molar-refractivity contribution in [3.63, 3.8) is 0 Å². The Kier molecular flexibility index (Phi) is 5.98. The van der Waals surface area contributed by atoms with Crippen molar-refractivity contribution in [1.82, 2.24) is 5.32 Å². The van der Waals surface area contributed by atoms with E-state index in [0.717, 1.165) is 6.07 Å². The van der Waals surface area contributed by atoms with Gasteiger partial charge in [-0.05, 0) is 42.3 Å². The highest BCUT2D eigenvalue weighted by molar-refractivity contribution is 5.89. The summed E-state index contributed by atoms with van der Waals surface area (Å²) in [5.41, 5.74) is 6.65. The van der Waals surface area contributed by atoms with Crippen LogP contribution in [0.25, 0.3) is 0 Å². The molecule has 2 rings (SSSR count). The summed E-state index contributed by atoms with van der Waals surface area (Å²) < 4.78 is 39.6. The summed E-state index contributed by atoms with van der Waals surface area (Å²) in [4.78, 5) is 11.8. The fourth-order valence-electron chi connectivity index (χ4n) is 2.10. The van der Waals surface area contributed by atoms with Gasteiger partial charge >= 0.3 is 6.03 Å². The van der Waals surface area contributed by atoms with Gasteiger partial charge in [0, 0.05) is 24.3 Å². The van der Waals surface area contributed by atoms with E-state index in [1.54, 1.807) is 24.3 Å². The summed E-state index contributed by atoms with van der Waals surface area (Å²) in [6.45, 7) is 0.000544. The monoisotopic (exact) mass is 348 g/mol. The van der Waals surface area contributed by atoms with E-state index in [-0.39, 0.29) is 18.5 Å². The summed E-state index contributed by atoms with van der Waals surface area (Å²) >= 11 is 0. The second-order valence-electron chi connectivity index (χ2n) is 5.35. The van der Waals surface area contributed by atoms with Gasteiger partial charge in [-0.3, -0.25) is 0 Å². The zero-order valence-electron chi connectivity index (χ0n) is 13.0. The normalized spacial score (nSPS) is 11.5. The predicted molar refractivity (Wildman–Crippen MR) is 86.2 cm³/mol. The average Bonchev–Trinajstić information content (AvgIpc) is 2.58. The topological polar surface area (TPSA) is 90.9 Å². The van der Waals surface area contributed by atoms with Crippen LogP contribution in [-0.2, 0) is 6.42 Å². The van der Waals surface area contributed by atoms with Crippen LogP contribution in [0.5, 0.6) is 0 Å². The van der Waals surface area contributed by atoms with Crippen LogP contribution in [0, 0.1) is 28.8 Å². The van der Waals surface area contributed by atoms with Crippen molar-refractivity contribution in [1.29, 1.82) is 5.26 Å². The highest BCUT2D eigenvalue weighted by Crippen LogP contribution is 2.15. The molecule has 5 nitrogen and oxygen atoms in total. The summed E-state index contributed by atoms with van der Waals surface area (Å²) in [6, 6.07) is 8.17. The minimum Gasteiger partial charge on any atom is -0.336 e. The molecule has 0 fully saturated rings. The van der Waals surface area contributed by atoms with Gasteiger partial charge in [0.15, 0.2) is 11.6 Å². The van der Waals surface area contributed by atoms with Crippen molar-refractivity contribution in [3.8, 4) is 6.07 Å². The van der Waals surface area contributed by atoms with E-state index in [2.05, 4.69) is 10.6 Å². The quantitative estimate of drug-likeness (QED) is 0.726. The van der Waals surface area contributed by atoms with Gasteiger partial charge in [0.25, 0.3) is 0 Å². The van der Waals surface area contributed by atoms with Crippen LogP contribution in [0.15, 0.2) is 36.4 Å². The minimum atomic E-state index is -1.27. The number of carbonyl (C=O) groups is 1. The van der Waals surface area contributed by atoms with Crippen molar-refractivity contribution >= 4 is 11.7 Å². The molecule has 0 aliphatic heterocycles. The molecule has 2 aromatic carbocycles. The zero-order valence-corrected chi connectivity index (χ0v) is 13.0. The number of halogens is 3. The number of nitriles is 1. The molecule has 25 heavy (non-hydrogen) atoms. The molecule has 0 saturated heterocycles. The van der Waals surface area contributed by atoms with E-state index in [0.29, 0.717) is 17.3 Å². The molecule has 4 N–H and O–H groups in total. The smallest absolute Gasteiger partial charge is 0.319 e. The summed E-state index contributed by atoms with van der Waals surface area (Å²) in [6.07, 6.45) is -0.0693. The van der Waals surface area contributed by atoms with Crippen molar-refractivity contribution in [2.24, 2.45) is 5.73 Å². The molecule has 0 bridgehead atoms. The number of nitrogens with zero attached hydrogens (tertiary/aromatic N) is 1. The molecule has 0 radical (unpaired) electrons. The lowest BCUT2D eigenvalue weighted by molar-refractivity contribution is 0.251. The molecule has 2 aromatic rings. The van der Waals surface area contributed by atoms with Crippen molar-refractivity contribution < 1.29 is 18.0 Å². The molecule has 0 heterocycles. The fourth-order valence-corrected chi connectivity index (χ4v) is 2.10. The Morgan fingerprint density at radius 3 is 2.40 bits per heavy atom. The number of urea groups is 1. The third kappa shape index (κ3) is 5.22. The number of amides is 2. The molecular formula is C17H15F3N4O. The maximum Gasteiger partial charge on any atom is 0.319 e. The highest BCUT2D eigenvalue weighted by atomic mass is 19.2. The van der Waals surface area contributed by atoms with E-state index < -0.39 is 29.5 Å². The van der Waals surface area contributed by atoms with Crippen LogP contribution in [-0.4, -0.2) is 18.6 Å². The first-order valence-electron chi connectivity index (χ1n) is 7.33. The lowest BCUT2D eigenvalue weighted by Crippen LogP contribution is -2.40. The van der Waals surface area contributed by atoms with Gasteiger partial charge in [-0.2, -0.15) is 5.26 Å². The van der Waals surface area contributed by atoms with Crippen molar-refractivity contribution in [3.05, 3.63) is 65.0 Å².